The Morgan fingerprint density at radius 1 is 0.789 bits per heavy atom. The summed E-state index contributed by atoms with van der Waals surface area (Å²) in [6.07, 6.45) is 6.77. The molecule has 0 amide bonds. The molecular formula is C12H13ClN6. The summed E-state index contributed by atoms with van der Waals surface area (Å²) in [6, 6.07) is 1.82. The van der Waals surface area contributed by atoms with Gasteiger partial charge in [-0.25, -0.2) is 19.9 Å². The van der Waals surface area contributed by atoms with Crippen molar-refractivity contribution in [2.45, 2.75) is 0 Å². The second-order valence-corrected chi connectivity index (χ2v) is 4.55. The van der Waals surface area contributed by atoms with Crippen LogP contribution in [0.15, 0.2) is 30.9 Å². The molecule has 7 heteroatoms. The molecular weight excluding hydrogens is 264 g/mol. The highest BCUT2D eigenvalue weighted by atomic mass is 35.5. The molecule has 1 aliphatic rings. The zero-order valence-corrected chi connectivity index (χ0v) is 11.0. The Morgan fingerprint density at radius 3 is 2.11 bits per heavy atom. The number of rotatable bonds is 2. The van der Waals surface area contributed by atoms with Gasteiger partial charge in [0.1, 0.15) is 0 Å². The zero-order valence-electron chi connectivity index (χ0n) is 10.3. The van der Waals surface area contributed by atoms with Crippen LogP contribution in [0.3, 0.4) is 0 Å². The van der Waals surface area contributed by atoms with Crippen molar-refractivity contribution in [2.75, 3.05) is 36.0 Å². The number of halogens is 1. The third kappa shape index (κ3) is 2.58. The summed E-state index contributed by atoms with van der Waals surface area (Å²) < 4.78 is 0. The van der Waals surface area contributed by atoms with Crippen molar-refractivity contribution in [3.8, 4) is 0 Å². The van der Waals surface area contributed by atoms with E-state index in [4.69, 9.17) is 11.6 Å². The quantitative estimate of drug-likeness (QED) is 0.823. The van der Waals surface area contributed by atoms with Gasteiger partial charge in [0.15, 0.2) is 11.0 Å². The highest BCUT2D eigenvalue weighted by Crippen LogP contribution is 2.21. The van der Waals surface area contributed by atoms with Gasteiger partial charge in [-0.15, -0.1) is 0 Å². The van der Waals surface area contributed by atoms with Crippen molar-refractivity contribution in [3.05, 3.63) is 36.0 Å². The normalized spacial score (nSPS) is 15.6. The van der Waals surface area contributed by atoms with E-state index in [0.29, 0.717) is 5.15 Å². The molecule has 1 saturated heterocycles. The van der Waals surface area contributed by atoms with Crippen LogP contribution in [-0.2, 0) is 0 Å². The Labute approximate surface area is 116 Å². The Morgan fingerprint density at radius 2 is 1.42 bits per heavy atom. The van der Waals surface area contributed by atoms with E-state index in [1.807, 2.05) is 6.07 Å². The fourth-order valence-electron chi connectivity index (χ4n) is 2.10. The smallest absolute Gasteiger partial charge is 0.225 e. The van der Waals surface area contributed by atoms with E-state index in [2.05, 4.69) is 29.7 Å². The number of aromatic nitrogens is 4. The second-order valence-electron chi connectivity index (χ2n) is 4.19. The fourth-order valence-corrected chi connectivity index (χ4v) is 2.32. The van der Waals surface area contributed by atoms with E-state index < -0.39 is 0 Å². The van der Waals surface area contributed by atoms with Crippen molar-refractivity contribution in [2.24, 2.45) is 0 Å². The van der Waals surface area contributed by atoms with Crippen LogP contribution in [-0.4, -0.2) is 46.1 Å². The van der Waals surface area contributed by atoms with Crippen molar-refractivity contribution in [3.63, 3.8) is 0 Å². The van der Waals surface area contributed by atoms with Gasteiger partial charge in [0.2, 0.25) is 5.95 Å². The van der Waals surface area contributed by atoms with Gasteiger partial charge in [0.05, 0.1) is 0 Å². The second kappa shape index (κ2) is 5.36. The van der Waals surface area contributed by atoms with Gasteiger partial charge in [-0.1, -0.05) is 11.6 Å². The number of hydrogen-bond donors (Lipinski definition) is 0. The molecule has 0 N–H and O–H groups in total. The maximum Gasteiger partial charge on any atom is 0.225 e. The number of piperazine rings is 1. The molecule has 0 radical (unpaired) electrons. The van der Waals surface area contributed by atoms with Gasteiger partial charge in [0, 0.05) is 51.0 Å². The molecule has 1 aliphatic heterocycles. The summed E-state index contributed by atoms with van der Waals surface area (Å²) in [4.78, 5) is 21.1. The number of hydrogen-bond acceptors (Lipinski definition) is 6. The van der Waals surface area contributed by atoms with E-state index in [-0.39, 0.29) is 0 Å². The van der Waals surface area contributed by atoms with Crippen molar-refractivity contribution < 1.29 is 0 Å². The number of anilines is 2. The molecule has 1 fully saturated rings. The topological polar surface area (TPSA) is 58.0 Å². The minimum Gasteiger partial charge on any atom is -0.351 e. The van der Waals surface area contributed by atoms with E-state index in [9.17, 15) is 0 Å². The van der Waals surface area contributed by atoms with E-state index >= 15 is 0 Å². The molecule has 0 atom stereocenters. The lowest BCUT2D eigenvalue weighted by Crippen LogP contribution is -2.47. The summed E-state index contributed by atoms with van der Waals surface area (Å²) in [7, 11) is 0. The predicted molar refractivity (Wildman–Crippen MR) is 73.5 cm³/mol. The molecule has 6 nitrogen and oxygen atoms in total. The SMILES string of the molecule is Clc1nccnc1N1CCN(c2ncccn2)CC1. The standard InChI is InChI=1S/C12H13ClN6/c13-10-11(15-5-4-14-10)18-6-8-19(9-7-18)12-16-2-1-3-17-12/h1-5H,6-9H2. The summed E-state index contributed by atoms with van der Waals surface area (Å²) in [5, 5.41) is 0.451. The molecule has 2 aromatic rings. The average Bonchev–Trinajstić information content (AvgIpc) is 2.49. The van der Waals surface area contributed by atoms with E-state index in [1.165, 1.54) is 0 Å². The molecule has 0 saturated carbocycles. The molecule has 3 heterocycles. The summed E-state index contributed by atoms with van der Waals surface area (Å²) in [5.74, 6) is 1.52. The van der Waals surface area contributed by atoms with Crippen LogP contribution in [0.4, 0.5) is 11.8 Å². The Balaban J connectivity index is 1.69. The molecule has 0 bridgehead atoms. The first-order valence-corrected chi connectivity index (χ1v) is 6.46. The van der Waals surface area contributed by atoms with Crippen LogP contribution in [0, 0.1) is 0 Å². The van der Waals surface area contributed by atoms with Gasteiger partial charge >= 0.3 is 0 Å². The van der Waals surface area contributed by atoms with Crippen LogP contribution in [0.2, 0.25) is 5.15 Å². The first-order chi connectivity index (χ1) is 9.34. The van der Waals surface area contributed by atoms with Gasteiger partial charge in [-0.2, -0.15) is 0 Å². The molecule has 3 rings (SSSR count). The Hall–Kier alpha value is -1.95. The Kier molecular flexibility index (Phi) is 3.41. The molecule has 19 heavy (non-hydrogen) atoms. The van der Waals surface area contributed by atoms with Gasteiger partial charge in [-0.05, 0) is 6.07 Å². The lowest BCUT2D eigenvalue weighted by atomic mass is 10.3. The third-order valence-corrected chi connectivity index (χ3v) is 3.32. The third-order valence-electron chi connectivity index (χ3n) is 3.05. The van der Waals surface area contributed by atoms with Crippen molar-refractivity contribution in [1.82, 2.24) is 19.9 Å². The van der Waals surface area contributed by atoms with Crippen LogP contribution < -0.4 is 9.80 Å². The Bertz CT molecular complexity index is 541. The van der Waals surface area contributed by atoms with E-state index in [0.717, 1.165) is 37.9 Å². The van der Waals surface area contributed by atoms with Gasteiger partial charge < -0.3 is 9.80 Å². The largest absolute Gasteiger partial charge is 0.351 e. The van der Waals surface area contributed by atoms with Crippen LogP contribution >= 0.6 is 11.6 Å². The summed E-state index contributed by atoms with van der Waals surface area (Å²) in [6.45, 7) is 3.35. The maximum atomic E-state index is 6.06. The molecule has 2 aromatic heterocycles. The monoisotopic (exact) mass is 276 g/mol. The summed E-state index contributed by atoms with van der Waals surface area (Å²) >= 11 is 6.06. The maximum absolute atomic E-state index is 6.06. The molecule has 0 unspecified atom stereocenters. The highest BCUT2D eigenvalue weighted by Gasteiger charge is 2.21. The van der Waals surface area contributed by atoms with Crippen LogP contribution in [0.5, 0.6) is 0 Å². The van der Waals surface area contributed by atoms with E-state index in [1.54, 1.807) is 24.8 Å². The highest BCUT2D eigenvalue weighted by molar-refractivity contribution is 6.31. The number of nitrogens with zero attached hydrogens (tertiary/aromatic N) is 6. The first kappa shape index (κ1) is 12.1. The summed E-state index contributed by atoms with van der Waals surface area (Å²) in [5.41, 5.74) is 0. The zero-order chi connectivity index (χ0) is 13.1. The lowest BCUT2D eigenvalue weighted by Gasteiger charge is -2.35. The molecule has 98 valence electrons. The molecule has 0 aliphatic carbocycles. The average molecular weight is 277 g/mol. The lowest BCUT2D eigenvalue weighted by molar-refractivity contribution is 0.633. The van der Waals surface area contributed by atoms with Crippen LogP contribution in [0.25, 0.3) is 0 Å². The fraction of sp³-hybridized carbons (Fsp3) is 0.333. The van der Waals surface area contributed by atoms with Gasteiger partial charge in [-0.3, -0.25) is 0 Å². The minimum absolute atomic E-state index is 0.451. The van der Waals surface area contributed by atoms with Gasteiger partial charge in [0.25, 0.3) is 0 Å². The predicted octanol–water partition coefficient (Wildman–Crippen LogP) is 1.25. The first-order valence-electron chi connectivity index (χ1n) is 6.08. The molecule has 0 spiro atoms. The molecule has 0 aromatic carbocycles. The van der Waals surface area contributed by atoms with Crippen molar-refractivity contribution >= 4 is 23.4 Å². The van der Waals surface area contributed by atoms with Crippen LogP contribution in [0.1, 0.15) is 0 Å². The van der Waals surface area contributed by atoms with Crippen molar-refractivity contribution in [1.29, 1.82) is 0 Å². The minimum atomic E-state index is 0.451.